The van der Waals surface area contributed by atoms with E-state index in [2.05, 4.69) is 17.1 Å². The topological polar surface area (TPSA) is 41.6 Å². The van der Waals surface area contributed by atoms with Crippen molar-refractivity contribution in [1.29, 1.82) is 0 Å². The first-order chi connectivity index (χ1) is 10.3. The highest BCUT2D eigenvalue weighted by Gasteiger charge is 2.41. The van der Waals surface area contributed by atoms with Crippen LogP contribution in [0.1, 0.15) is 51.9 Å². The summed E-state index contributed by atoms with van der Waals surface area (Å²) in [6.45, 7) is 5.41. The maximum absolute atomic E-state index is 13.0. The smallest absolute Gasteiger partial charge is 0.229 e. The number of ether oxygens (including phenoxy) is 1. The lowest BCUT2D eigenvalue weighted by Gasteiger charge is -2.45. The minimum atomic E-state index is 0.0391. The van der Waals surface area contributed by atoms with E-state index in [1.165, 1.54) is 38.5 Å². The molecular formula is C17H30N2O2. The summed E-state index contributed by atoms with van der Waals surface area (Å²) in [6, 6.07) is 0.744. The molecule has 2 aliphatic heterocycles. The molecule has 0 aromatic carbocycles. The van der Waals surface area contributed by atoms with Gasteiger partial charge in [-0.2, -0.15) is 0 Å². The lowest BCUT2D eigenvalue weighted by Crippen LogP contribution is -2.54. The van der Waals surface area contributed by atoms with Crippen LogP contribution >= 0.6 is 0 Å². The molecule has 4 nitrogen and oxygen atoms in total. The lowest BCUT2D eigenvalue weighted by atomic mass is 9.78. The quantitative estimate of drug-likeness (QED) is 0.864. The van der Waals surface area contributed by atoms with Crippen LogP contribution in [0, 0.1) is 11.8 Å². The molecule has 0 aromatic heterocycles. The van der Waals surface area contributed by atoms with E-state index in [4.69, 9.17) is 4.74 Å². The molecule has 0 radical (unpaired) electrons. The lowest BCUT2D eigenvalue weighted by molar-refractivity contribution is -0.142. The van der Waals surface area contributed by atoms with Gasteiger partial charge in [0, 0.05) is 18.6 Å². The van der Waals surface area contributed by atoms with Crippen LogP contribution in [0.4, 0.5) is 0 Å². The zero-order chi connectivity index (χ0) is 14.7. The van der Waals surface area contributed by atoms with E-state index in [9.17, 15) is 4.79 Å². The predicted molar refractivity (Wildman–Crippen MR) is 83.1 cm³/mol. The van der Waals surface area contributed by atoms with E-state index < -0.39 is 0 Å². The Morgan fingerprint density at radius 1 is 1.19 bits per heavy atom. The van der Waals surface area contributed by atoms with E-state index in [-0.39, 0.29) is 12.0 Å². The van der Waals surface area contributed by atoms with Crippen molar-refractivity contribution in [3.63, 3.8) is 0 Å². The summed E-state index contributed by atoms with van der Waals surface area (Å²) in [4.78, 5) is 15.3. The summed E-state index contributed by atoms with van der Waals surface area (Å²) in [5.41, 5.74) is 0. The van der Waals surface area contributed by atoms with E-state index in [1.807, 2.05) is 0 Å². The van der Waals surface area contributed by atoms with Gasteiger partial charge in [-0.1, -0.05) is 19.8 Å². The molecule has 3 fully saturated rings. The van der Waals surface area contributed by atoms with Crippen molar-refractivity contribution in [3.05, 3.63) is 0 Å². The second-order valence-corrected chi connectivity index (χ2v) is 6.99. The Balaban J connectivity index is 1.65. The molecule has 0 bridgehead atoms. The van der Waals surface area contributed by atoms with Crippen molar-refractivity contribution in [3.8, 4) is 0 Å². The van der Waals surface area contributed by atoms with Crippen LogP contribution < -0.4 is 5.32 Å². The van der Waals surface area contributed by atoms with Crippen LogP contribution in [-0.4, -0.2) is 49.2 Å². The third-order valence-electron chi connectivity index (χ3n) is 5.58. The van der Waals surface area contributed by atoms with Crippen molar-refractivity contribution in [2.45, 2.75) is 64.0 Å². The maximum atomic E-state index is 13.0. The number of fused-ring (bicyclic) bond motifs is 1. The predicted octanol–water partition coefficient (Wildman–Crippen LogP) is 2.18. The van der Waals surface area contributed by atoms with Crippen molar-refractivity contribution < 1.29 is 9.53 Å². The van der Waals surface area contributed by atoms with Crippen LogP contribution in [0.5, 0.6) is 0 Å². The van der Waals surface area contributed by atoms with Crippen molar-refractivity contribution in [2.75, 3.05) is 26.3 Å². The minimum absolute atomic E-state index is 0.0391. The normalized spacial score (nSPS) is 36.5. The second kappa shape index (κ2) is 7.10. The Kier molecular flexibility index (Phi) is 5.17. The molecule has 2 unspecified atom stereocenters. The first-order valence-corrected chi connectivity index (χ1v) is 8.93. The average molecular weight is 294 g/mol. The number of rotatable bonds is 4. The van der Waals surface area contributed by atoms with Gasteiger partial charge in [0.2, 0.25) is 5.91 Å². The Bertz CT molecular complexity index is 359. The molecule has 2 saturated heterocycles. The van der Waals surface area contributed by atoms with Crippen molar-refractivity contribution >= 4 is 5.91 Å². The summed E-state index contributed by atoms with van der Waals surface area (Å²) in [7, 11) is 0. The fourth-order valence-corrected chi connectivity index (χ4v) is 4.44. The monoisotopic (exact) mass is 294 g/mol. The van der Waals surface area contributed by atoms with Gasteiger partial charge in [-0.25, -0.2) is 0 Å². The second-order valence-electron chi connectivity index (χ2n) is 6.99. The Morgan fingerprint density at radius 3 is 2.86 bits per heavy atom. The number of piperidine rings is 1. The van der Waals surface area contributed by atoms with Gasteiger partial charge in [-0.3, -0.25) is 4.79 Å². The van der Waals surface area contributed by atoms with Crippen molar-refractivity contribution in [1.82, 2.24) is 10.2 Å². The average Bonchev–Trinajstić information content (AvgIpc) is 3.00. The highest BCUT2D eigenvalue weighted by Crippen LogP contribution is 2.36. The van der Waals surface area contributed by atoms with Crippen LogP contribution in [0.3, 0.4) is 0 Å². The first-order valence-electron chi connectivity index (χ1n) is 8.93. The van der Waals surface area contributed by atoms with Crippen LogP contribution in [0.25, 0.3) is 0 Å². The molecule has 4 atom stereocenters. The van der Waals surface area contributed by atoms with E-state index in [0.717, 1.165) is 25.4 Å². The molecule has 2 heterocycles. The van der Waals surface area contributed by atoms with Gasteiger partial charge < -0.3 is 15.0 Å². The molecule has 21 heavy (non-hydrogen) atoms. The van der Waals surface area contributed by atoms with Gasteiger partial charge in [0.05, 0.1) is 19.1 Å². The van der Waals surface area contributed by atoms with E-state index in [0.29, 0.717) is 25.2 Å². The van der Waals surface area contributed by atoms with Gasteiger partial charge in [0.15, 0.2) is 0 Å². The molecule has 0 spiro atoms. The summed E-state index contributed by atoms with van der Waals surface area (Å²) >= 11 is 0. The molecule has 1 saturated carbocycles. The van der Waals surface area contributed by atoms with Gasteiger partial charge >= 0.3 is 0 Å². The Hall–Kier alpha value is -0.610. The van der Waals surface area contributed by atoms with Gasteiger partial charge in [-0.05, 0) is 44.6 Å². The first kappa shape index (κ1) is 15.3. The number of carbonyl (C=O) groups excluding carboxylic acids is 1. The molecule has 4 heteroatoms. The van der Waals surface area contributed by atoms with Gasteiger partial charge in [0.1, 0.15) is 0 Å². The number of amides is 1. The molecule has 120 valence electrons. The zero-order valence-corrected chi connectivity index (χ0v) is 13.4. The number of hydrogen-bond acceptors (Lipinski definition) is 3. The highest BCUT2D eigenvalue weighted by atomic mass is 16.5. The number of nitrogens with zero attached hydrogens (tertiary/aromatic N) is 1. The third kappa shape index (κ3) is 3.26. The molecule has 1 amide bonds. The van der Waals surface area contributed by atoms with Gasteiger partial charge in [-0.15, -0.1) is 0 Å². The molecule has 1 aliphatic carbocycles. The molecule has 0 aromatic rings. The highest BCUT2D eigenvalue weighted by molar-refractivity contribution is 5.80. The zero-order valence-electron chi connectivity index (χ0n) is 13.4. The number of likely N-dealkylation sites (tertiary alicyclic amines) is 1. The largest absolute Gasteiger partial charge is 0.379 e. The standard InChI is InChI=1S/C17H30N2O2/c1-2-9-18-15-12-21-11-14(15)17(20)19-10-5-7-13-6-3-4-8-16(13)19/h13-16,18H,2-12H2,1H3/t13-,14?,15?,16-/m1/s1. The third-order valence-corrected chi connectivity index (χ3v) is 5.58. The van der Waals surface area contributed by atoms with Crippen molar-refractivity contribution in [2.24, 2.45) is 11.8 Å². The fourth-order valence-electron chi connectivity index (χ4n) is 4.44. The maximum Gasteiger partial charge on any atom is 0.229 e. The SMILES string of the molecule is CCCNC1COCC1C(=O)N1CCC[C@H]2CCCC[C@H]21. The summed E-state index contributed by atoms with van der Waals surface area (Å²) in [6.07, 6.45) is 8.82. The Morgan fingerprint density at radius 2 is 2.00 bits per heavy atom. The van der Waals surface area contributed by atoms with E-state index >= 15 is 0 Å². The molecule has 3 rings (SSSR count). The van der Waals surface area contributed by atoms with Crippen LogP contribution in [-0.2, 0) is 9.53 Å². The molecule has 3 aliphatic rings. The summed E-state index contributed by atoms with van der Waals surface area (Å²) in [5.74, 6) is 1.16. The summed E-state index contributed by atoms with van der Waals surface area (Å²) in [5, 5.41) is 3.50. The van der Waals surface area contributed by atoms with Crippen LogP contribution in [0.15, 0.2) is 0 Å². The number of nitrogens with one attached hydrogen (secondary N) is 1. The number of hydrogen-bond donors (Lipinski definition) is 1. The number of carbonyl (C=O) groups is 1. The van der Waals surface area contributed by atoms with Crippen LogP contribution in [0.2, 0.25) is 0 Å². The molecular weight excluding hydrogens is 264 g/mol. The summed E-state index contributed by atoms with van der Waals surface area (Å²) < 4.78 is 5.60. The molecule has 1 N–H and O–H groups in total. The van der Waals surface area contributed by atoms with E-state index in [1.54, 1.807) is 0 Å². The Labute approximate surface area is 128 Å². The fraction of sp³-hybridized carbons (Fsp3) is 0.941. The minimum Gasteiger partial charge on any atom is -0.379 e. The van der Waals surface area contributed by atoms with Gasteiger partial charge in [0.25, 0.3) is 0 Å².